The van der Waals surface area contributed by atoms with Gasteiger partial charge in [0, 0.05) is 0 Å². The minimum absolute atomic E-state index is 1.13. The molecule has 0 heterocycles. The van der Waals surface area contributed by atoms with Gasteiger partial charge in [0.2, 0.25) is 0 Å². The first-order valence-corrected chi connectivity index (χ1v) is 11.6. The Kier molecular flexibility index (Phi) is 11.6. The largest absolute Gasteiger partial charge is 0.110 e. The molecule has 0 aromatic heterocycles. The first-order valence-electron chi connectivity index (χ1n) is 2.60. The predicted molar refractivity (Wildman–Crippen MR) is 58.1 cm³/mol. The van der Waals surface area contributed by atoms with Crippen molar-refractivity contribution in [3.05, 3.63) is 0 Å². The maximum Gasteiger partial charge on any atom is -0.0316 e. The molecule has 0 spiro atoms. The highest BCUT2D eigenvalue weighted by molar-refractivity contribution is 8.67. The summed E-state index contributed by atoms with van der Waals surface area (Å²) in [6.45, 7) is 2.27. The number of rotatable bonds is 5. The third-order valence-corrected chi connectivity index (χ3v) is 15.2. The van der Waals surface area contributed by atoms with Gasteiger partial charge in [-0.15, -0.1) is 8.93 Å². The molecule has 0 aromatic rings. The smallest absolute Gasteiger partial charge is 0.0316 e. The van der Waals surface area contributed by atoms with Crippen LogP contribution in [-0.2, 0) is 0 Å². The van der Waals surface area contributed by atoms with Gasteiger partial charge in [-0.05, 0) is 6.16 Å². The third-order valence-electron chi connectivity index (χ3n) is 0.598. The van der Waals surface area contributed by atoms with Gasteiger partial charge in [0.15, 0.2) is 0 Å². The van der Waals surface area contributed by atoms with E-state index >= 15 is 0 Å². The molecule has 0 rings (SSSR count). The zero-order chi connectivity index (χ0) is 6.24. The Hall–Kier alpha value is 2.15. The second kappa shape index (κ2) is 9.15. The summed E-state index contributed by atoms with van der Waals surface area (Å²) in [6, 6.07) is 0. The molecule has 0 aliphatic heterocycles. The molecule has 0 bridgehead atoms. The van der Waals surface area contributed by atoms with Crippen molar-refractivity contribution in [2.45, 2.75) is 13.3 Å². The molecule has 5 unspecified atom stereocenters. The van der Waals surface area contributed by atoms with Crippen LogP contribution in [0.15, 0.2) is 0 Å². The van der Waals surface area contributed by atoms with Crippen LogP contribution in [0.3, 0.4) is 0 Å². The van der Waals surface area contributed by atoms with Crippen LogP contribution in [0, 0.1) is 0 Å². The molecule has 0 saturated carbocycles. The minimum Gasteiger partial charge on any atom is -0.110 e. The standard InChI is InChI=1S/C3H13P5/c1-2-3-5-7-8-6-4/h5-8H,2-4H2,1H3. The van der Waals surface area contributed by atoms with Crippen molar-refractivity contribution in [3.63, 3.8) is 0 Å². The van der Waals surface area contributed by atoms with Gasteiger partial charge in [0.05, 0.1) is 0 Å². The maximum absolute atomic E-state index is 2.82. The summed E-state index contributed by atoms with van der Waals surface area (Å²) in [6.07, 6.45) is 2.86. The molecule has 0 aromatic carbocycles. The van der Waals surface area contributed by atoms with Crippen LogP contribution in [0.2, 0.25) is 0 Å². The summed E-state index contributed by atoms with van der Waals surface area (Å²) < 4.78 is 0. The van der Waals surface area contributed by atoms with Gasteiger partial charge in [0.25, 0.3) is 0 Å². The molecular formula is C3H13P5. The summed E-state index contributed by atoms with van der Waals surface area (Å²) in [7, 11) is 7.76. The van der Waals surface area contributed by atoms with Crippen LogP contribution in [0.25, 0.3) is 0 Å². The summed E-state index contributed by atoms with van der Waals surface area (Å²) in [5.41, 5.74) is 0. The normalized spacial score (nSPS) is 15.8. The van der Waals surface area contributed by atoms with E-state index in [1.807, 2.05) is 0 Å². The lowest BCUT2D eigenvalue weighted by molar-refractivity contribution is 1.11. The fourth-order valence-corrected chi connectivity index (χ4v) is 15.2. The first kappa shape index (κ1) is 10.2. The summed E-state index contributed by atoms with van der Waals surface area (Å²) in [5.74, 6) is 0. The van der Waals surface area contributed by atoms with Gasteiger partial charge in [-0.2, -0.15) is 0 Å². The molecule has 0 radical (unpaired) electrons. The molecule has 5 heteroatoms. The van der Waals surface area contributed by atoms with Crippen LogP contribution < -0.4 is 0 Å². The van der Waals surface area contributed by atoms with Crippen molar-refractivity contribution in [2.75, 3.05) is 6.16 Å². The first-order chi connectivity index (χ1) is 3.91. The Labute approximate surface area is 61.0 Å². The van der Waals surface area contributed by atoms with Crippen molar-refractivity contribution in [1.29, 1.82) is 0 Å². The lowest BCUT2D eigenvalue weighted by atomic mass is 10.6. The molecule has 0 amide bonds. The van der Waals surface area contributed by atoms with Gasteiger partial charge < -0.3 is 0 Å². The van der Waals surface area contributed by atoms with Crippen molar-refractivity contribution in [1.82, 2.24) is 0 Å². The van der Waals surface area contributed by atoms with E-state index in [4.69, 9.17) is 0 Å². The molecule has 0 fully saturated rings. The highest BCUT2D eigenvalue weighted by Gasteiger charge is 1.82. The van der Waals surface area contributed by atoms with Crippen LogP contribution >= 0.6 is 41.1 Å². The predicted octanol–water partition coefficient (Wildman–Crippen LogP) is 3.65. The lowest BCUT2D eigenvalue weighted by Gasteiger charge is -1.95. The second-order valence-electron chi connectivity index (χ2n) is 1.32. The Morgan fingerprint density at radius 1 is 1.38 bits per heavy atom. The summed E-state index contributed by atoms with van der Waals surface area (Å²) in [4.78, 5) is 0. The molecule has 0 saturated heterocycles. The highest BCUT2D eigenvalue weighted by atomic mass is 32.7. The number of hydrogen-bond donors (Lipinski definition) is 0. The molecule has 5 atom stereocenters. The van der Waals surface area contributed by atoms with E-state index in [1.54, 1.807) is 0 Å². The molecule has 0 nitrogen and oxygen atoms in total. The van der Waals surface area contributed by atoms with Crippen LogP contribution in [-0.4, -0.2) is 6.16 Å². The minimum atomic E-state index is 1.13. The highest BCUT2D eigenvalue weighted by Crippen LogP contribution is 2.64. The van der Waals surface area contributed by atoms with Gasteiger partial charge in [-0.25, -0.2) is 0 Å². The van der Waals surface area contributed by atoms with Crippen molar-refractivity contribution in [3.8, 4) is 0 Å². The van der Waals surface area contributed by atoms with E-state index in [1.165, 1.54) is 36.8 Å². The quantitative estimate of drug-likeness (QED) is 0.473. The topological polar surface area (TPSA) is 0 Å². The van der Waals surface area contributed by atoms with Crippen LogP contribution in [0.5, 0.6) is 0 Å². The van der Waals surface area contributed by atoms with Gasteiger partial charge >= 0.3 is 0 Å². The monoisotopic (exact) mass is 204 g/mol. The average molecular weight is 204 g/mol. The van der Waals surface area contributed by atoms with Gasteiger partial charge in [-0.3, -0.25) is 0 Å². The van der Waals surface area contributed by atoms with Gasteiger partial charge in [-0.1, -0.05) is 45.5 Å². The maximum atomic E-state index is 2.82. The summed E-state index contributed by atoms with van der Waals surface area (Å²) in [5, 5.41) is 0. The molecule has 0 N–H and O–H groups in total. The van der Waals surface area contributed by atoms with Crippen molar-refractivity contribution >= 4 is 41.1 Å². The second-order valence-corrected chi connectivity index (χ2v) is 13.5. The van der Waals surface area contributed by atoms with Gasteiger partial charge in [0.1, 0.15) is 0 Å². The van der Waals surface area contributed by atoms with E-state index in [0.717, 1.165) is 7.96 Å². The van der Waals surface area contributed by atoms with Crippen LogP contribution in [0.1, 0.15) is 13.3 Å². The van der Waals surface area contributed by atoms with Crippen molar-refractivity contribution < 1.29 is 0 Å². The molecule has 0 aliphatic rings. The van der Waals surface area contributed by atoms with E-state index in [0.29, 0.717) is 0 Å². The third kappa shape index (κ3) is 8.15. The van der Waals surface area contributed by atoms with E-state index < -0.39 is 0 Å². The zero-order valence-corrected chi connectivity index (χ0v) is 10.1. The fraction of sp³-hybridized carbons (Fsp3) is 1.00. The van der Waals surface area contributed by atoms with Crippen molar-refractivity contribution in [2.24, 2.45) is 0 Å². The Morgan fingerprint density at radius 2 is 2.12 bits per heavy atom. The zero-order valence-electron chi connectivity index (χ0n) is 4.99. The lowest BCUT2D eigenvalue weighted by Crippen LogP contribution is -1.59. The number of hydrogen-bond acceptors (Lipinski definition) is 0. The molecule has 50 valence electrons. The van der Waals surface area contributed by atoms with E-state index in [9.17, 15) is 0 Å². The molecule has 8 heavy (non-hydrogen) atoms. The van der Waals surface area contributed by atoms with E-state index in [2.05, 4.69) is 15.9 Å². The molecular weight excluding hydrogens is 191 g/mol. The Balaban J connectivity index is 2.53. The van der Waals surface area contributed by atoms with Crippen LogP contribution in [0.4, 0.5) is 0 Å². The molecule has 0 aliphatic carbocycles. The Morgan fingerprint density at radius 3 is 2.62 bits per heavy atom. The average Bonchev–Trinajstić information content (AvgIpc) is 1.81. The van der Waals surface area contributed by atoms with E-state index in [-0.39, 0.29) is 0 Å². The SMILES string of the molecule is CCCPPPPP. The fourth-order valence-electron chi connectivity index (χ4n) is 0.268. The summed E-state index contributed by atoms with van der Waals surface area (Å²) >= 11 is 0. The Bertz CT molecular complexity index is 32.7.